The van der Waals surface area contributed by atoms with Crippen molar-refractivity contribution in [3.63, 3.8) is 0 Å². The lowest BCUT2D eigenvalue weighted by Crippen LogP contribution is -2.66. The maximum atomic E-state index is 13.5. The molecule has 1 heterocycles. The lowest BCUT2D eigenvalue weighted by Gasteiger charge is -2.62. The maximum Gasteiger partial charge on any atom is 0.334 e. The molecule has 7 atom stereocenters. The van der Waals surface area contributed by atoms with Gasteiger partial charge in [0.1, 0.15) is 0 Å². The minimum atomic E-state index is -0.379. The van der Waals surface area contributed by atoms with E-state index in [1.807, 2.05) is 11.9 Å². The number of amides is 2. The molecule has 0 aromatic heterocycles. The highest BCUT2D eigenvalue weighted by Gasteiger charge is 2.61. The van der Waals surface area contributed by atoms with Gasteiger partial charge in [-0.1, -0.05) is 26.3 Å². The molecule has 5 aliphatic rings. The summed E-state index contributed by atoms with van der Waals surface area (Å²) in [5, 5.41) is 3.42. The molecule has 0 aromatic carbocycles. The zero-order valence-electron chi connectivity index (χ0n) is 20.5. The number of hydrogen-bond donors (Lipinski definition) is 1. The number of likely N-dealkylation sites (N-methyl/N-ethyl adjacent to an activating group) is 1. The van der Waals surface area contributed by atoms with Crippen LogP contribution in [0.1, 0.15) is 71.6 Å². The molecule has 6 heteroatoms. The normalized spacial score (nSPS) is 42.0. The second-order valence-corrected chi connectivity index (χ2v) is 11.7. The Balaban J connectivity index is 1.50. The molecule has 1 aliphatic heterocycles. The smallest absolute Gasteiger partial charge is 0.334 e. The largest absolute Gasteiger partial charge is 0.466 e. The minimum Gasteiger partial charge on any atom is -0.466 e. The number of esters is 1. The van der Waals surface area contributed by atoms with Gasteiger partial charge in [0.05, 0.1) is 7.11 Å². The summed E-state index contributed by atoms with van der Waals surface area (Å²) in [6.45, 7) is 4.79. The molecule has 0 radical (unpaired) electrons. The third-order valence-corrected chi connectivity index (χ3v) is 10.2. The first-order chi connectivity index (χ1) is 15.7. The summed E-state index contributed by atoms with van der Waals surface area (Å²) in [6, 6.07) is 0.0852. The highest BCUT2D eigenvalue weighted by molar-refractivity contribution is 6.03. The van der Waals surface area contributed by atoms with Crippen molar-refractivity contribution in [3.05, 3.63) is 23.3 Å². The Labute approximate surface area is 197 Å². The van der Waals surface area contributed by atoms with E-state index >= 15 is 0 Å². The number of fused-ring (bicyclic) bond motifs is 5. The Hall–Kier alpha value is -2.11. The standard InChI is InChI=1S/C27H38N2O4/c1-26-12-6-9-18(26)23-19(10-13-26)27(2)14-11-22(30)29(3)21(27)15-20(23)28-24(31)16-7-5-8-17(16)25(32)33-4/h11,14,18-21,23H,5-10,12-13,15H2,1-4H3,(H,28,31)/t18-,19-,20?,21+,23-,26-,27+/m0/s1. The zero-order chi connectivity index (χ0) is 23.5. The van der Waals surface area contributed by atoms with Crippen LogP contribution in [0.25, 0.3) is 0 Å². The van der Waals surface area contributed by atoms with Crippen molar-refractivity contribution in [1.29, 1.82) is 0 Å². The van der Waals surface area contributed by atoms with E-state index in [9.17, 15) is 14.4 Å². The van der Waals surface area contributed by atoms with E-state index in [4.69, 9.17) is 4.74 Å². The van der Waals surface area contributed by atoms with Gasteiger partial charge in [0.15, 0.2) is 0 Å². The second-order valence-electron chi connectivity index (χ2n) is 11.7. The topological polar surface area (TPSA) is 75.7 Å². The molecule has 180 valence electrons. The fourth-order valence-corrected chi connectivity index (χ4v) is 8.46. The van der Waals surface area contributed by atoms with Gasteiger partial charge in [-0.25, -0.2) is 4.79 Å². The maximum absolute atomic E-state index is 13.5. The van der Waals surface area contributed by atoms with E-state index in [2.05, 4.69) is 25.2 Å². The van der Waals surface area contributed by atoms with Crippen LogP contribution in [-0.4, -0.2) is 48.9 Å². The van der Waals surface area contributed by atoms with Crippen molar-refractivity contribution in [2.45, 2.75) is 83.7 Å². The SMILES string of the molecule is COC(=O)C1=C(C(=O)NC2C[C@H]3N(C)C(=O)C=C[C@]3(C)[C@H]3CC[C@]4(C)CCC[C@H]4[C@H]23)CCC1. The van der Waals surface area contributed by atoms with Crippen molar-refractivity contribution in [2.24, 2.45) is 28.6 Å². The lowest BCUT2D eigenvalue weighted by molar-refractivity contribution is -0.142. The zero-order valence-corrected chi connectivity index (χ0v) is 20.5. The first-order valence-corrected chi connectivity index (χ1v) is 12.8. The van der Waals surface area contributed by atoms with E-state index in [-0.39, 0.29) is 35.3 Å². The highest BCUT2D eigenvalue weighted by atomic mass is 16.5. The third kappa shape index (κ3) is 3.38. The quantitative estimate of drug-likeness (QED) is 0.659. The molecule has 0 saturated heterocycles. The molecule has 0 bridgehead atoms. The molecule has 6 nitrogen and oxygen atoms in total. The minimum absolute atomic E-state index is 0.0112. The third-order valence-electron chi connectivity index (χ3n) is 10.2. The van der Waals surface area contributed by atoms with E-state index in [1.54, 1.807) is 6.08 Å². The van der Waals surface area contributed by atoms with Crippen molar-refractivity contribution in [2.75, 3.05) is 14.2 Å². The van der Waals surface area contributed by atoms with Gasteiger partial charge in [-0.05, 0) is 80.6 Å². The predicted molar refractivity (Wildman–Crippen MR) is 125 cm³/mol. The van der Waals surface area contributed by atoms with E-state index in [0.717, 1.165) is 19.3 Å². The molecule has 0 aromatic rings. The van der Waals surface area contributed by atoms with Crippen molar-refractivity contribution in [1.82, 2.24) is 10.2 Å². The number of methoxy groups -OCH3 is 1. The molecule has 3 fully saturated rings. The van der Waals surface area contributed by atoms with Crippen LogP contribution in [0, 0.1) is 28.6 Å². The van der Waals surface area contributed by atoms with Crippen LogP contribution < -0.4 is 5.32 Å². The van der Waals surface area contributed by atoms with Gasteiger partial charge in [-0.15, -0.1) is 0 Å². The number of carbonyl (C=O) groups excluding carboxylic acids is 3. The fourth-order valence-electron chi connectivity index (χ4n) is 8.46. The van der Waals surface area contributed by atoms with Gasteiger partial charge in [0, 0.05) is 35.7 Å². The number of ether oxygens (including phenoxy) is 1. The summed E-state index contributed by atoms with van der Waals surface area (Å²) in [5.74, 6) is 0.983. The fraction of sp³-hybridized carbons (Fsp3) is 0.741. The molecule has 0 spiro atoms. The molecule has 3 saturated carbocycles. The average molecular weight is 455 g/mol. The molecular formula is C27H38N2O4. The number of hydrogen-bond acceptors (Lipinski definition) is 4. The molecule has 4 aliphatic carbocycles. The first kappa shape index (κ1) is 22.7. The van der Waals surface area contributed by atoms with Crippen LogP contribution in [0.3, 0.4) is 0 Å². The van der Waals surface area contributed by atoms with Crippen LogP contribution in [0.2, 0.25) is 0 Å². The molecule has 33 heavy (non-hydrogen) atoms. The average Bonchev–Trinajstić information content (AvgIpc) is 3.44. The Morgan fingerprint density at radius 2 is 1.85 bits per heavy atom. The first-order valence-electron chi connectivity index (χ1n) is 12.8. The van der Waals surface area contributed by atoms with Gasteiger partial charge in [0.25, 0.3) is 0 Å². The van der Waals surface area contributed by atoms with Crippen molar-refractivity contribution in [3.8, 4) is 0 Å². The van der Waals surface area contributed by atoms with Gasteiger partial charge in [-0.2, -0.15) is 0 Å². The molecule has 1 N–H and O–H groups in total. The molecule has 5 rings (SSSR count). The van der Waals surface area contributed by atoms with Crippen molar-refractivity contribution >= 4 is 17.8 Å². The highest BCUT2D eigenvalue weighted by Crippen LogP contribution is 2.63. The van der Waals surface area contributed by atoms with Crippen LogP contribution in [0.15, 0.2) is 23.3 Å². The van der Waals surface area contributed by atoms with Gasteiger partial charge in [-0.3, -0.25) is 9.59 Å². The summed E-state index contributed by atoms with van der Waals surface area (Å²) >= 11 is 0. The predicted octanol–water partition coefficient (Wildman–Crippen LogP) is 3.76. The number of carbonyl (C=O) groups is 3. The van der Waals surface area contributed by atoms with Crippen LogP contribution >= 0.6 is 0 Å². The lowest BCUT2D eigenvalue weighted by atomic mass is 9.47. The van der Waals surface area contributed by atoms with Gasteiger partial charge >= 0.3 is 5.97 Å². The molecule has 2 amide bonds. The van der Waals surface area contributed by atoms with E-state index in [1.165, 1.54) is 32.8 Å². The molecular weight excluding hydrogens is 416 g/mol. The van der Waals surface area contributed by atoms with Crippen LogP contribution in [0.4, 0.5) is 0 Å². The Kier molecular flexibility index (Phi) is 5.49. The Morgan fingerprint density at radius 3 is 2.61 bits per heavy atom. The van der Waals surface area contributed by atoms with Crippen LogP contribution in [-0.2, 0) is 19.1 Å². The molecule has 1 unspecified atom stereocenters. The summed E-state index contributed by atoms with van der Waals surface area (Å²) in [5.41, 5.74) is 1.42. The van der Waals surface area contributed by atoms with E-state index in [0.29, 0.717) is 47.2 Å². The summed E-state index contributed by atoms with van der Waals surface area (Å²) < 4.78 is 4.94. The van der Waals surface area contributed by atoms with E-state index < -0.39 is 0 Å². The second kappa shape index (κ2) is 7.99. The number of nitrogens with zero attached hydrogens (tertiary/aromatic N) is 1. The van der Waals surface area contributed by atoms with Crippen molar-refractivity contribution < 1.29 is 19.1 Å². The number of rotatable bonds is 3. The Bertz CT molecular complexity index is 938. The summed E-state index contributed by atoms with van der Waals surface area (Å²) in [4.78, 5) is 40.2. The monoisotopic (exact) mass is 454 g/mol. The van der Waals surface area contributed by atoms with Crippen LogP contribution in [0.5, 0.6) is 0 Å². The summed E-state index contributed by atoms with van der Waals surface area (Å²) in [7, 11) is 3.29. The number of nitrogens with one attached hydrogen (secondary N) is 1. The summed E-state index contributed by atoms with van der Waals surface area (Å²) in [6.07, 6.45) is 12.9. The van der Waals surface area contributed by atoms with Gasteiger partial charge in [0.2, 0.25) is 11.8 Å². The van der Waals surface area contributed by atoms with Gasteiger partial charge < -0.3 is 15.0 Å². The Morgan fingerprint density at radius 1 is 1.09 bits per heavy atom.